The molecule has 3 saturated heterocycles. The van der Waals surface area contributed by atoms with Gasteiger partial charge >= 0.3 is 6.16 Å². The van der Waals surface area contributed by atoms with Crippen molar-refractivity contribution in [1.82, 2.24) is 4.90 Å². The second kappa shape index (κ2) is 5.10. The van der Waals surface area contributed by atoms with Crippen molar-refractivity contribution in [3.8, 4) is 0 Å². The summed E-state index contributed by atoms with van der Waals surface area (Å²) in [6.45, 7) is 4.84. The number of nitrogens with zero attached hydrogens (tertiary/aromatic N) is 1. The molecule has 2 bridgehead atoms. The van der Waals surface area contributed by atoms with Crippen LogP contribution in [0.3, 0.4) is 0 Å². The van der Waals surface area contributed by atoms with Crippen LogP contribution >= 0.6 is 0 Å². The van der Waals surface area contributed by atoms with E-state index in [0.717, 1.165) is 32.2 Å². The van der Waals surface area contributed by atoms with Gasteiger partial charge in [-0.1, -0.05) is 0 Å². The minimum absolute atomic E-state index is 0.0455. The van der Waals surface area contributed by atoms with Crippen molar-refractivity contribution in [2.75, 3.05) is 32.9 Å². The maximum Gasteiger partial charge on any atom is 0.508 e. The zero-order chi connectivity index (χ0) is 17.3. The molecule has 7 heteroatoms. The summed E-state index contributed by atoms with van der Waals surface area (Å²) in [5.41, 5.74) is -0.781. The Morgan fingerprint density at radius 3 is 2.72 bits per heavy atom. The monoisotopic (exact) mass is 351 g/mol. The van der Waals surface area contributed by atoms with Crippen LogP contribution in [0.5, 0.6) is 0 Å². The van der Waals surface area contributed by atoms with Crippen molar-refractivity contribution in [3.05, 3.63) is 0 Å². The van der Waals surface area contributed by atoms with Crippen molar-refractivity contribution >= 4 is 12.1 Å². The van der Waals surface area contributed by atoms with Gasteiger partial charge in [0.15, 0.2) is 5.79 Å². The molecular formula is C18H25NO6. The molecule has 5 rings (SSSR count). The molecule has 2 saturated carbocycles. The Morgan fingerprint density at radius 2 is 1.96 bits per heavy atom. The van der Waals surface area contributed by atoms with Gasteiger partial charge in [0.1, 0.15) is 18.1 Å². The lowest BCUT2D eigenvalue weighted by Crippen LogP contribution is -2.74. The Labute approximate surface area is 146 Å². The molecule has 0 aromatic carbocycles. The maximum atomic E-state index is 13.4. The van der Waals surface area contributed by atoms with Crippen LogP contribution in [0.15, 0.2) is 0 Å². The first-order valence-corrected chi connectivity index (χ1v) is 9.44. The molecule has 7 nitrogen and oxygen atoms in total. The van der Waals surface area contributed by atoms with Crippen LogP contribution < -0.4 is 0 Å². The largest absolute Gasteiger partial charge is 0.508 e. The SMILES string of the molecule is CCN1C[C@@]23CC[C@H]4OC(=O)OC[C@]4(C1=O)C2CCC1(C3)OCCO1. The molecule has 3 heterocycles. The highest BCUT2D eigenvalue weighted by Gasteiger charge is 2.72. The summed E-state index contributed by atoms with van der Waals surface area (Å²) in [6.07, 6.45) is 3.09. The average Bonchev–Trinajstić information content (AvgIpc) is 3.05. The van der Waals surface area contributed by atoms with Crippen LogP contribution in [0, 0.1) is 16.7 Å². The molecule has 5 fully saturated rings. The van der Waals surface area contributed by atoms with Crippen molar-refractivity contribution < 1.29 is 28.5 Å². The van der Waals surface area contributed by atoms with Gasteiger partial charge in [0.25, 0.3) is 0 Å². The lowest BCUT2D eigenvalue weighted by atomic mass is 9.45. The Balaban J connectivity index is 1.58. The number of carbonyl (C=O) groups excluding carboxylic acids is 2. The number of amides is 1. The molecule has 138 valence electrons. The van der Waals surface area contributed by atoms with E-state index in [0.29, 0.717) is 26.2 Å². The Kier molecular flexibility index (Phi) is 3.24. The highest BCUT2D eigenvalue weighted by Crippen LogP contribution is 2.65. The van der Waals surface area contributed by atoms with Crippen molar-refractivity contribution in [2.45, 2.75) is 50.9 Å². The fourth-order valence-corrected chi connectivity index (χ4v) is 6.41. The van der Waals surface area contributed by atoms with E-state index in [1.807, 2.05) is 11.8 Å². The zero-order valence-electron chi connectivity index (χ0n) is 14.6. The molecule has 0 aromatic heterocycles. The highest BCUT2D eigenvalue weighted by atomic mass is 16.7. The minimum Gasteiger partial charge on any atom is -0.433 e. The van der Waals surface area contributed by atoms with Crippen molar-refractivity contribution in [3.63, 3.8) is 0 Å². The number of likely N-dealkylation sites (tertiary alicyclic amines) is 1. The Hall–Kier alpha value is -1.34. The van der Waals surface area contributed by atoms with E-state index >= 15 is 0 Å². The minimum atomic E-state index is -0.735. The van der Waals surface area contributed by atoms with Gasteiger partial charge in [0.05, 0.1) is 13.2 Å². The molecule has 2 spiro atoms. The summed E-state index contributed by atoms with van der Waals surface area (Å²) in [7, 11) is 0. The van der Waals surface area contributed by atoms with Gasteiger partial charge in [-0.3, -0.25) is 4.79 Å². The summed E-state index contributed by atoms with van der Waals surface area (Å²) < 4.78 is 22.8. The molecule has 1 unspecified atom stereocenters. The smallest absolute Gasteiger partial charge is 0.433 e. The molecule has 5 aliphatic rings. The first-order chi connectivity index (χ1) is 12.0. The molecule has 0 radical (unpaired) electrons. The van der Waals surface area contributed by atoms with Crippen LogP contribution in [0.1, 0.15) is 39.0 Å². The number of ether oxygens (including phenoxy) is 4. The number of piperidine rings is 1. The van der Waals surface area contributed by atoms with E-state index in [2.05, 4.69) is 0 Å². The molecule has 1 amide bonds. The fourth-order valence-electron chi connectivity index (χ4n) is 6.41. The van der Waals surface area contributed by atoms with Crippen LogP contribution in [0.25, 0.3) is 0 Å². The Bertz CT molecular complexity index is 617. The van der Waals surface area contributed by atoms with E-state index in [4.69, 9.17) is 18.9 Å². The van der Waals surface area contributed by atoms with Crippen molar-refractivity contribution in [1.29, 1.82) is 0 Å². The summed E-state index contributed by atoms with van der Waals surface area (Å²) in [5, 5.41) is 0. The van der Waals surface area contributed by atoms with E-state index in [-0.39, 0.29) is 30.0 Å². The normalized spacial score (nSPS) is 44.8. The number of hydrogen-bond acceptors (Lipinski definition) is 6. The van der Waals surface area contributed by atoms with Crippen LogP contribution in [0.2, 0.25) is 0 Å². The first-order valence-electron chi connectivity index (χ1n) is 9.44. The van der Waals surface area contributed by atoms with Crippen LogP contribution in [-0.2, 0) is 23.7 Å². The summed E-state index contributed by atoms with van der Waals surface area (Å²) >= 11 is 0. The average molecular weight is 351 g/mol. The van der Waals surface area contributed by atoms with E-state index in [1.54, 1.807) is 0 Å². The topological polar surface area (TPSA) is 74.3 Å². The van der Waals surface area contributed by atoms with Crippen LogP contribution in [0.4, 0.5) is 4.79 Å². The van der Waals surface area contributed by atoms with E-state index in [1.165, 1.54) is 0 Å². The lowest BCUT2D eigenvalue weighted by Gasteiger charge is -2.65. The van der Waals surface area contributed by atoms with E-state index < -0.39 is 17.4 Å². The third kappa shape index (κ3) is 1.94. The zero-order valence-corrected chi connectivity index (χ0v) is 14.6. The van der Waals surface area contributed by atoms with Gasteiger partial charge in [0.2, 0.25) is 5.91 Å². The molecule has 25 heavy (non-hydrogen) atoms. The van der Waals surface area contributed by atoms with Gasteiger partial charge in [-0.05, 0) is 37.5 Å². The molecule has 4 atom stereocenters. The second-order valence-electron chi connectivity index (χ2n) is 8.28. The summed E-state index contributed by atoms with van der Waals surface area (Å²) in [6, 6.07) is 0. The van der Waals surface area contributed by atoms with Crippen molar-refractivity contribution in [2.24, 2.45) is 16.7 Å². The predicted octanol–water partition coefficient (Wildman–Crippen LogP) is 1.69. The number of carbonyl (C=O) groups is 2. The second-order valence-corrected chi connectivity index (χ2v) is 8.28. The van der Waals surface area contributed by atoms with Gasteiger partial charge < -0.3 is 23.8 Å². The standard InChI is InChI=1S/C18H25NO6/c1-2-19-10-16-5-4-13-18(14(19)20,11-22-15(21)25-13)12(16)3-6-17(9-16)23-7-8-24-17/h12-13H,2-11H2,1H3/t12?,13-,16+,18+/m1/s1. The molecule has 3 aliphatic heterocycles. The predicted molar refractivity (Wildman–Crippen MR) is 84.6 cm³/mol. The molecular weight excluding hydrogens is 326 g/mol. The van der Waals surface area contributed by atoms with Gasteiger partial charge in [-0.15, -0.1) is 0 Å². The van der Waals surface area contributed by atoms with Gasteiger partial charge in [-0.2, -0.15) is 0 Å². The molecule has 0 aromatic rings. The number of rotatable bonds is 1. The Morgan fingerprint density at radius 1 is 1.16 bits per heavy atom. The summed E-state index contributed by atoms with van der Waals surface area (Å²) in [5.74, 6) is -0.242. The third-order valence-corrected chi connectivity index (χ3v) is 7.33. The van der Waals surface area contributed by atoms with E-state index in [9.17, 15) is 9.59 Å². The number of hydrogen-bond donors (Lipinski definition) is 0. The van der Waals surface area contributed by atoms with Crippen LogP contribution in [-0.4, -0.2) is 61.8 Å². The van der Waals surface area contributed by atoms with Gasteiger partial charge in [-0.25, -0.2) is 4.79 Å². The first kappa shape index (κ1) is 15.9. The third-order valence-electron chi connectivity index (χ3n) is 7.33. The molecule has 2 aliphatic carbocycles. The lowest BCUT2D eigenvalue weighted by molar-refractivity contribution is -0.275. The van der Waals surface area contributed by atoms with Gasteiger partial charge in [0, 0.05) is 25.9 Å². The molecule has 0 N–H and O–H groups in total. The number of cyclic esters (lactones) is 1. The summed E-state index contributed by atoms with van der Waals surface area (Å²) in [4.78, 5) is 27.0. The fraction of sp³-hybridized carbons (Fsp3) is 0.889. The quantitative estimate of drug-likeness (QED) is 0.670. The highest BCUT2D eigenvalue weighted by molar-refractivity contribution is 5.87. The maximum absolute atomic E-state index is 13.4.